The summed E-state index contributed by atoms with van der Waals surface area (Å²) in [7, 11) is 0. The fraction of sp³-hybridized carbons (Fsp3) is 0.300. The lowest BCUT2D eigenvalue weighted by Gasteiger charge is -2.25. The molecular weight excluding hydrogens is 450 g/mol. The van der Waals surface area contributed by atoms with Crippen molar-refractivity contribution in [2.75, 3.05) is 0 Å². The van der Waals surface area contributed by atoms with Gasteiger partial charge >= 0.3 is 5.97 Å². The molecule has 3 aromatic carbocycles. The summed E-state index contributed by atoms with van der Waals surface area (Å²) in [5.74, 6) is -0.185. The fourth-order valence-electron chi connectivity index (χ4n) is 5.84. The van der Waals surface area contributed by atoms with E-state index in [1.165, 1.54) is 30.4 Å². The van der Waals surface area contributed by atoms with Gasteiger partial charge in [0.15, 0.2) is 0 Å². The van der Waals surface area contributed by atoms with Gasteiger partial charge in [-0.15, -0.1) is 0 Å². The predicted molar refractivity (Wildman–Crippen MR) is 139 cm³/mol. The van der Waals surface area contributed by atoms with Crippen LogP contribution in [-0.4, -0.2) is 32.6 Å². The van der Waals surface area contributed by atoms with Crippen LogP contribution in [0.1, 0.15) is 70.0 Å². The predicted octanol–water partition coefficient (Wildman–Crippen LogP) is 5.80. The van der Waals surface area contributed by atoms with E-state index in [0.29, 0.717) is 17.1 Å². The molecule has 0 spiro atoms. The number of carboxylic acids is 1. The van der Waals surface area contributed by atoms with Gasteiger partial charge in [0.2, 0.25) is 0 Å². The van der Waals surface area contributed by atoms with E-state index in [0.717, 1.165) is 42.6 Å². The quantitative estimate of drug-likeness (QED) is 0.379. The van der Waals surface area contributed by atoms with E-state index in [9.17, 15) is 14.7 Å². The molecule has 2 N–H and O–H groups in total. The van der Waals surface area contributed by atoms with Crippen LogP contribution in [0.25, 0.3) is 22.4 Å². The highest BCUT2D eigenvalue weighted by molar-refractivity contribution is 5.95. The van der Waals surface area contributed by atoms with Crippen molar-refractivity contribution in [1.82, 2.24) is 14.9 Å². The first-order valence-electron chi connectivity index (χ1n) is 12.8. The van der Waals surface area contributed by atoms with Gasteiger partial charge in [0.05, 0.1) is 16.6 Å². The number of imidazole rings is 1. The average Bonchev–Trinajstić information content (AvgIpc) is 3.49. The van der Waals surface area contributed by atoms with E-state index in [1.54, 1.807) is 12.1 Å². The normalized spacial score (nSPS) is 16.2. The van der Waals surface area contributed by atoms with E-state index in [4.69, 9.17) is 4.98 Å². The lowest BCUT2D eigenvalue weighted by molar-refractivity contribution is 0.0696. The summed E-state index contributed by atoms with van der Waals surface area (Å²) in [5.41, 5.74) is 6.07. The molecule has 0 atom stereocenters. The number of hydrogen-bond acceptors (Lipinski definition) is 3. The molecule has 6 nitrogen and oxygen atoms in total. The van der Waals surface area contributed by atoms with E-state index in [2.05, 4.69) is 22.0 Å². The third kappa shape index (κ3) is 4.17. The number of amides is 1. The van der Waals surface area contributed by atoms with Crippen molar-refractivity contribution in [2.45, 2.75) is 57.0 Å². The summed E-state index contributed by atoms with van der Waals surface area (Å²) >= 11 is 0. The second-order valence-electron chi connectivity index (χ2n) is 10.0. The lowest BCUT2D eigenvalue weighted by Crippen LogP contribution is -2.35. The van der Waals surface area contributed by atoms with Crippen molar-refractivity contribution in [3.8, 4) is 11.4 Å². The maximum Gasteiger partial charge on any atom is 0.335 e. The summed E-state index contributed by atoms with van der Waals surface area (Å²) in [6.45, 7) is 0. The van der Waals surface area contributed by atoms with Gasteiger partial charge in [-0.25, -0.2) is 9.78 Å². The lowest BCUT2D eigenvalue weighted by atomic mass is 9.94. The second-order valence-corrected chi connectivity index (χ2v) is 10.0. The van der Waals surface area contributed by atoms with Gasteiger partial charge in [-0.3, -0.25) is 4.79 Å². The fourth-order valence-corrected chi connectivity index (χ4v) is 5.84. The Hall–Kier alpha value is -3.93. The number of rotatable bonds is 5. The average molecular weight is 480 g/mol. The number of hydrogen-bond donors (Lipinski definition) is 2. The summed E-state index contributed by atoms with van der Waals surface area (Å²) < 4.78 is 2.28. The molecule has 0 radical (unpaired) electrons. The van der Waals surface area contributed by atoms with Gasteiger partial charge in [-0.05, 0) is 67.1 Å². The first kappa shape index (κ1) is 22.5. The molecule has 2 aliphatic carbocycles. The van der Waals surface area contributed by atoms with Crippen LogP contribution in [0.3, 0.4) is 0 Å². The highest BCUT2D eigenvalue weighted by Gasteiger charge is 2.25. The molecule has 0 unspecified atom stereocenters. The van der Waals surface area contributed by atoms with Crippen LogP contribution in [0, 0.1) is 0 Å². The number of aromatic nitrogens is 2. The summed E-state index contributed by atoms with van der Waals surface area (Å²) in [4.78, 5) is 29.4. The topological polar surface area (TPSA) is 84.2 Å². The van der Waals surface area contributed by atoms with Crippen molar-refractivity contribution < 1.29 is 14.7 Å². The van der Waals surface area contributed by atoms with E-state index >= 15 is 0 Å². The highest BCUT2D eigenvalue weighted by atomic mass is 16.4. The van der Waals surface area contributed by atoms with Gasteiger partial charge in [0.25, 0.3) is 5.91 Å². The number of nitrogens with zero attached hydrogens (tertiary/aromatic N) is 2. The number of aromatic carboxylic acids is 1. The Morgan fingerprint density at radius 1 is 0.861 bits per heavy atom. The summed E-state index contributed by atoms with van der Waals surface area (Å²) in [6.07, 6.45) is 7.51. The molecule has 0 bridgehead atoms. The number of benzene rings is 3. The first-order chi connectivity index (χ1) is 17.6. The third-order valence-electron chi connectivity index (χ3n) is 7.67. The number of nitrogens with one attached hydrogen (secondary N) is 1. The minimum absolute atomic E-state index is 0.0637. The van der Waals surface area contributed by atoms with Gasteiger partial charge in [0.1, 0.15) is 5.82 Å². The molecule has 1 aromatic heterocycles. The zero-order valence-electron chi connectivity index (χ0n) is 20.1. The minimum atomic E-state index is -0.952. The molecule has 36 heavy (non-hydrogen) atoms. The maximum absolute atomic E-state index is 13.0. The number of carboxylic acid groups (broad SMARTS) is 1. The molecular formula is C30H29N3O3. The van der Waals surface area contributed by atoms with Crippen LogP contribution >= 0.6 is 0 Å². The number of carbonyl (C=O) groups is 2. The van der Waals surface area contributed by atoms with Crippen molar-refractivity contribution in [1.29, 1.82) is 0 Å². The van der Waals surface area contributed by atoms with Gasteiger partial charge in [-0.1, -0.05) is 55.7 Å². The molecule has 0 saturated heterocycles. The SMILES string of the molecule is O=C(O)c1ccc2c(c1)nc(-c1ccc(C(=O)NC3Cc4ccccc4C3)cc1)n2C1CCCCC1. The van der Waals surface area contributed by atoms with Gasteiger partial charge in [0, 0.05) is 23.2 Å². The highest BCUT2D eigenvalue weighted by Crippen LogP contribution is 2.36. The van der Waals surface area contributed by atoms with Crippen molar-refractivity contribution in [3.63, 3.8) is 0 Å². The molecule has 1 fully saturated rings. The standard InChI is InChI=1S/C30H29N3O3/c34-29(31-24-16-21-6-4-5-7-22(21)17-24)20-12-10-19(11-13-20)28-32-26-18-23(30(35)36)14-15-27(26)33(28)25-8-2-1-3-9-25/h4-7,10-15,18,24-25H,1-3,8-9,16-17H2,(H,31,34)(H,35,36). The Labute approximate surface area is 210 Å². The summed E-state index contributed by atoms with van der Waals surface area (Å²) in [5, 5.41) is 12.6. The Balaban J connectivity index is 1.28. The minimum Gasteiger partial charge on any atom is -0.478 e. The van der Waals surface area contributed by atoms with Crippen LogP contribution in [0.5, 0.6) is 0 Å². The molecule has 182 valence electrons. The van der Waals surface area contributed by atoms with Crippen LogP contribution in [0.4, 0.5) is 0 Å². The smallest absolute Gasteiger partial charge is 0.335 e. The number of fused-ring (bicyclic) bond motifs is 2. The van der Waals surface area contributed by atoms with E-state index in [-0.39, 0.29) is 17.5 Å². The Morgan fingerprint density at radius 3 is 2.19 bits per heavy atom. The molecule has 6 rings (SSSR count). The van der Waals surface area contributed by atoms with Gasteiger partial charge in [-0.2, -0.15) is 0 Å². The van der Waals surface area contributed by atoms with Crippen LogP contribution in [-0.2, 0) is 12.8 Å². The zero-order chi connectivity index (χ0) is 24.6. The molecule has 1 saturated carbocycles. The summed E-state index contributed by atoms with van der Waals surface area (Å²) in [6, 6.07) is 21.6. The van der Waals surface area contributed by atoms with E-state index in [1.807, 2.05) is 42.5 Å². The van der Waals surface area contributed by atoms with Crippen LogP contribution in [0.2, 0.25) is 0 Å². The maximum atomic E-state index is 13.0. The van der Waals surface area contributed by atoms with Gasteiger partial charge < -0.3 is 15.0 Å². The monoisotopic (exact) mass is 479 g/mol. The van der Waals surface area contributed by atoms with Crippen LogP contribution in [0.15, 0.2) is 66.7 Å². The largest absolute Gasteiger partial charge is 0.478 e. The molecule has 1 heterocycles. The molecule has 4 aromatic rings. The molecule has 2 aliphatic rings. The third-order valence-corrected chi connectivity index (χ3v) is 7.67. The second kappa shape index (κ2) is 9.26. The van der Waals surface area contributed by atoms with E-state index < -0.39 is 5.97 Å². The van der Waals surface area contributed by atoms with Crippen molar-refractivity contribution in [2.24, 2.45) is 0 Å². The zero-order valence-corrected chi connectivity index (χ0v) is 20.1. The van der Waals surface area contributed by atoms with Crippen molar-refractivity contribution in [3.05, 3.63) is 89.0 Å². The molecule has 1 amide bonds. The Bertz CT molecular complexity index is 1420. The Morgan fingerprint density at radius 2 is 1.53 bits per heavy atom. The number of carbonyl (C=O) groups excluding carboxylic acids is 1. The van der Waals surface area contributed by atoms with Crippen LogP contribution < -0.4 is 5.32 Å². The molecule has 0 aliphatic heterocycles. The Kier molecular flexibility index (Phi) is 5.80. The van der Waals surface area contributed by atoms with Crippen molar-refractivity contribution >= 4 is 22.9 Å². The first-order valence-corrected chi connectivity index (χ1v) is 12.8. The molecule has 6 heteroatoms.